The lowest BCUT2D eigenvalue weighted by atomic mass is 9.93. The van der Waals surface area contributed by atoms with Crippen LogP contribution in [0.2, 0.25) is 0 Å². The first-order valence-corrected chi connectivity index (χ1v) is 8.06. The molecule has 1 saturated heterocycles. The van der Waals surface area contributed by atoms with E-state index in [9.17, 15) is 4.79 Å². The molecule has 2 atom stereocenters. The van der Waals surface area contributed by atoms with Gasteiger partial charge in [-0.05, 0) is 49.9 Å². The van der Waals surface area contributed by atoms with Crippen LogP contribution in [0.15, 0.2) is 12.1 Å². The van der Waals surface area contributed by atoms with Crippen molar-refractivity contribution in [3.63, 3.8) is 0 Å². The molecule has 1 fully saturated rings. The summed E-state index contributed by atoms with van der Waals surface area (Å²) in [5.41, 5.74) is 2.14. The standard InChI is InChI=1S/C18H27NO4/c1-12-9-16(21-4)17(22-5)10-14(12)11-19(3)18(20)15-7-6-8-23-13(15)2/h9-10,13,15H,6-8,11H2,1-5H3. The number of rotatable bonds is 5. The highest BCUT2D eigenvalue weighted by Gasteiger charge is 2.30. The number of ether oxygens (including phenoxy) is 3. The van der Waals surface area contributed by atoms with E-state index >= 15 is 0 Å². The van der Waals surface area contributed by atoms with Gasteiger partial charge in [-0.1, -0.05) is 0 Å². The minimum atomic E-state index is -0.0470. The maximum absolute atomic E-state index is 12.7. The van der Waals surface area contributed by atoms with E-state index in [4.69, 9.17) is 14.2 Å². The molecule has 23 heavy (non-hydrogen) atoms. The van der Waals surface area contributed by atoms with Gasteiger partial charge in [0.1, 0.15) is 0 Å². The number of hydrogen-bond donors (Lipinski definition) is 0. The van der Waals surface area contributed by atoms with Crippen molar-refractivity contribution in [3.05, 3.63) is 23.3 Å². The van der Waals surface area contributed by atoms with Gasteiger partial charge in [-0.25, -0.2) is 0 Å². The maximum Gasteiger partial charge on any atom is 0.228 e. The van der Waals surface area contributed by atoms with Gasteiger partial charge >= 0.3 is 0 Å². The van der Waals surface area contributed by atoms with E-state index in [0.29, 0.717) is 18.0 Å². The average molecular weight is 321 g/mol. The number of methoxy groups -OCH3 is 2. The van der Waals surface area contributed by atoms with Crippen molar-refractivity contribution in [2.45, 2.75) is 39.3 Å². The summed E-state index contributed by atoms with van der Waals surface area (Å²) in [5.74, 6) is 1.49. The summed E-state index contributed by atoms with van der Waals surface area (Å²) in [6.45, 7) is 5.30. The smallest absolute Gasteiger partial charge is 0.228 e. The zero-order valence-corrected chi connectivity index (χ0v) is 14.7. The highest BCUT2D eigenvalue weighted by atomic mass is 16.5. The molecule has 128 valence electrons. The van der Waals surface area contributed by atoms with Crippen molar-refractivity contribution in [1.29, 1.82) is 0 Å². The van der Waals surface area contributed by atoms with Gasteiger partial charge in [0.05, 0.1) is 26.2 Å². The van der Waals surface area contributed by atoms with E-state index in [-0.39, 0.29) is 17.9 Å². The van der Waals surface area contributed by atoms with Crippen LogP contribution in [0, 0.1) is 12.8 Å². The number of nitrogens with zero attached hydrogens (tertiary/aromatic N) is 1. The summed E-state index contributed by atoms with van der Waals surface area (Å²) in [5, 5.41) is 0. The topological polar surface area (TPSA) is 48.0 Å². The maximum atomic E-state index is 12.7. The van der Waals surface area contributed by atoms with Gasteiger partial charge in [-0.3, -0.25) is 4.79 Å². The van der Waals surface area contributed by atoms with Crippen LogP contribution in [0.1, 0.15) is 30.9 Å². The molecule has 1 aliphatic heterocycles. The highest BCUT2D eigenvalue weighted by Crippen LogP contribution is 2.31. The summed E-state index contributed by atoms with van der Waals surface area (Å²) in [4.78, 5) is 14.5. The second-order valence-corrected chi connectivity index (χ2v) is 6.15. The Labute approximate surface area is 138 Å². The van der Waals surface area contributed by atoms with Crippen molar-refractivity contribution < 1.29 is 19.0 Å². The fourth-order valence-corrected chi connectivity index (χ4v) is 3.06. The SMILES string of the molecule is COc1cc(C)c(CN(C)C(=O)C2CCCOC2C)cc1OC. The summed E-state index contributed by atoms with van der Waals surface area (Å²) < 4.78 is 16.3. The Morgan fingerprint density at radius 3 is 2.57 bits per heavy atom. The van der Waals surface area contributed by atoms with Crippen molar-refractivity contribution >= 4 is 5.91 Å². The molecule has 0 aliphatic carbocycles. The average Bonchev–Trinajstić information content (AvgIpc) is 2.55. The Hall–Kier alpha value is -1.75. The van der Waals surface area contributed by atoms with Crippen molar-refractivity contribution in [2.24, 2.45) is 5.92 Å². The molecule has 0 bridgehead atoms. The Kier molecular flexibility index (Phi) is 5.88. The molecule has 1 aromatic carbocycles. The molecular formula is C18H27NO4. The van der Waals surface area contributed by atoms with E-state index in [2.05, 4.69) is 0 Å². The molecular weight excluding hydrogens is 294 g/mol. The lowest BCUT2D eigenvalue weighted by Gasteiger charge is -2.31. The van der Waals surface area contributed by atoms with E-state index in [1.165, 1.54) is 0 Å². The monoisotopic (exact) mass is 321 g/mol. The molecule has 5 nitrogen and oxygen atoms in total. The van der Waals surface area contributed by atoms with Gasteiger partial charge in [0.2, 0.25) is 5.91 Å². The van der Waals surface area contributed by atoms with Gasteiger partial charge in [0, 0.05) is 20.2 Å². The normalized spacial score (nSPS) is 20.9. The third kappa shape index (κ3) is 3.96. The van der Waals surface area contributed by atoms with Crippen LogP contribution in [0.4, 0.5) is 0 Å². The van der Waals surface area contributed by atoms with Gasteiger partial charge in [-0.2, -0.15) is 0 Å². The largest absolute Gasteiger partial charge is 0.493 e. The predicted molar refractivity (Wildman–Crippen MR) is 88.9 cm³/mol. The second kappa shape index (κ2) is 7.68. The zero-order valence-electron chi connectivity index (χ0n) is 14.7. The van der Waals surface area contributed by atoms with Crippen molar-refractivity contribution in [1.82, 2.24) is 4.90 Å². The molecule has 1 amide bonds. The first-order chi connectivity index (χ1) is 11.0. The minimum absolute atomic E-state index is 0.00907. The Bertz CT molecular complexity index is 558. The van der Waals surface area contributed by atoms with Gasteiger partial charge in [0.15, 0.2) is 11.5 Å². The van der Waals surface area contributed by atoms with Gasteiger partial charge in [-0.15, -0.1) is 0 Å². The summed E-state index contributed by atoms with van der Waals surface area (Å²) >= 11 is 0. The first kappa shape index (κ1) is 17.6. The predicted octanol–water partition coefficient (Wildman–Crippen LogP) is 2.79. The Morgan fingerprint density at radius 1 is 1.30 bits per heavy atom. The van der Waals surface area contributed by atoms with Crippen LogP contribution in [0.5, 0.6) is 11.5 Å². The van der Waals surface area contributed by atoms with Crippen molar-refractivity contribution in [2.75, 3.05) is 27.9 Å². The molecule has 2 rings (SSSR count). The first-order valence-electron chi connectivity index (χ1n) is 8.06. The molecule has 0 N–H and O–H groups in total. The van der Waals surface area contributed by atoms with E-state index in [0.717, 1.165) is 30.6 Å². The summed E-state index contributed by atoms with van der Waals surface area (Å²) in [6, 6.07) is 3.89. The van der Waals surface area contributed by atoms with Crippen LogP contribution in [0.3, 0.4) is 0 Å². The number of benzene rings is 1. The van der Waals surface area contributed by atoms with Crippen LogP contribution >= 0.6 is 0 Å². The highest BCUT2D eigenvalue weighted by molar-refractivity contribution is 5.79. The van der Waals surface area contributed by atoms with Crippen LogP contribution in [0.25, 0.3) is 0 Å². The molecule has 5 heteroatoms. The van der Waals surface area contributed by atoms with E-state index in [1.54, 1.807) is 19.1 Å². The lowest BCUT2D eigenvalue weighted by Crippen LogP contribution is -2.41. The fourth-order valence-electron chi connectivity index (χ4n) is 3.06. The number of amides is 1. The molecule has 0 spiro atoms. The quantitative estimate of drug-likeness (QED) is 0.837. The van der Waals surface area contributed by atoms with Crippen LogP contribution in [-0.4, -0.2) is 44.8 Å². The Morgan fingerprint density at radius 2 is 1.96 bits per heavy atom. The Balaban J connectivity index is 2.13. The van der Waals surface area contributed by atoms with Gasteiger partial charge in [0.25, 0.3) is 0 Å². The molecule has 1 heterocycles. The van der Waals surface area contributed by atoms with Crippen molar-refractivity contribution in [3.8, 4) is 11.5 Å². The van der Waals surface area contributed by atoms with E-state index in [1.807, 2.05) is 33.0 Å². The third-order valence-electron chi connectivity index (χ3n) is 4.55. The summed E-state index contributed by atoms with van der Waals surface area (Å²) in [6.07, 6.45) is 1.84. The molecule has 1 aromatic rings. The van der Waals surface area contributed by atoms with Crippen LogP contribution in [-0.2, 0) is 16.1 Å². The zero-order chi connectivity index (χ0) is 17.0. The fraction of sp³-hybridized carbons (Fsp3) is 0.611. The molecule has 1 aliphatic rings. The number of carbonyl (C=O) groups is 1. The van der Waals surface area contributed by atoms with E-state index < -0.39 is 0 Å². The number of hydrogen-bond acceptors (Lipinski definition) is 4. The number of carbonyl (C=O) groups excluding carboxylic acids is 1. The molecule has 2 unspecified atom stereocenters. The number of aryl methyl sites for hydroxylation is 1. The molecule has 0 aromatic heterocycles. The minimum Gasteiger partial charge on any atom is -0.493 e. The van der Waals surface area contributed by atoms with Crippen LogP contribution < -0.4 is 9.47 Å². The third-order valence-corrected chi connectivity index (χ3v) is 4.55. The second-order valence-electron chi connectivity index (χ2n) is 6.15. The van der Waals surface area contributed by atoms with Gasteiger partial charge < -0.3 is 19.1 Å². The molecule has 0 saturated carbocycles. The molecule has 0 radical (unpaired) electrons. The lowest BCUT2D eigenvalue weighted by molar-refractivity contribution is -0.143. The summed E-state index contributed by atoms with van der Waals surface area (Å²) in [7, 11) is 5.09.